The number of nitrogens with one attached hydrogen (secondary N) is 1. The topological polar surface area (TPSA) is 63.9 Å². The lowest BCUT2D eigenvalue weighted by atomic mass is 10.1. The van der Waals surface area contributed by atoms with Gasteiger partial charge in [-0.3, -0.25) is 4.99 Å². The van der Waals surface area contributed by atoms with Crippen molar-refractivity contribution in [3.8, 4) is 22.8 Å². The summed E-state index contributed by atoms with van der Waals surface area (Å²) in [5, 5.41) is 8.04. The number of ether oxygens (including phenoxy) is 2. The van der Waals surface area contributed by atoms with Crippen LogP contribution in [0.4, 0.5) is 0 Å². The standard InChI is InChI=1S/C27H24N4O2S/c1-32-21-12-13-23(26(14-21)33-2)25-18-34-27(29-15-19-8-4-3-5-9-19)31(25)30-17-20-16-28-24-11-7-6-10-22(20)24/h3-14,16-18,28H,15H2,1-2H3. The highest BCUT2D eigenvalue weighted by atomic mass is 32.1. The summed E-state index contributed by atoms with van der Waals surface area (Å²) in [6.07, 6.45) is 3.84. The van der Waals surface area contributed by atoms with E-state index in [2.05, 4.69) is 34.6 Å². The van der Waals surface area contributed by atoms with Crippen molar-refractivity contribution < 1.29 is 9.47 Å². The first kappa shape index (κ1) is 21.7. The summed E-state index contributed by atoms with van der Waals surface area (Å²) in [6, 6.07) is 24.2. The van der Waals surface area contributed by atoms with E-state index >= 15 is 0 Å². The van der Waals surface area contributed by atoms with Gasteiger partial charge in [0.25, 0.3) is 0 Å². The van der Waals surface area contributed by atoms with Gasteiger partial charge in [-0.25, -0.2) is 4.68 Å². The van der Waals surface area contributed by atoms with Crippen LogP contribution in [-0.4, -0.2) is 30.1 Å². The maximum Gasteiger partial charge on any atom is 0.206 e. The maximum atomic E-state index is 5.67. The largest absolute Gasteiger partial charge is 0.497 e. The third kappa shape index (κ3) is 4.38. The number of hydrogen-bond donors (Lipinski definition) is 1. The molecule has 0 fully saturated rings. The third-order valence-corrected chi connectivity index (χ3v) is 6.40. The Labute approximate surface area is 201 Å². The highest BCUT2D eigenvalue weighted by Gasteiger charge is 2.14. The molecule has 0 radical (unpaired) electrons. The SMILES string of the molecule is COc1ccc(-c2csc(=NCc3ccccc3)n2N=Cc2c[nH]c3ccccc23)c(OC)c1. The molecule has 34 heavy (non-hydrogen) atoms. The van der Waals surface area contributed by atoms with Crippen molar-refractivity contribution in [1.29, 1.82) is 0 Å². The average Bonchev–Trinajstić information content (AvgIpc) is 3.50. The second kappa shape index (κ2) is 9.80. The molecule has 0 spiro atoms. The Morgan fingerprint density at radius 3 is 2.62 bits per heavy atom. The molecule has 1 N–H and O–H groups in total. The molecule has 0 unspecified atom stereocenters. The predicted octanol–water partition coefficient (Wildman–Crippen LogP) is 5.70. The molecule has 0 amide bonds. The number of hydrogen-bond acceptors (Lipinski definition) is 5. The molecular formula is C27H24N4O2S. The van der Waals surface area contributed by atoms with Gasteiger partial charge >= 0.3 is 0 Å². The fourth-order valence-corrected chi connectivity index (χ4v) is 4.61. The number of benzene rings is 3. The van der Waals surface area contributed by atoms with Crippen LogP contribution in [0.2, 0.25) is 0 Å². The molecule has 3 aromatic carbocycles. The number of aromatic amines is 1. The Hall–Kier alpha value is -4.10. The van der Waals surface area contributed by atoms with Crippen molar-refractivity contribution in [2.75, 3.05) is 14.2 Å². The smallest absolute Gasteiger partial charge is 0.206 e. The van der Waals surface area contributed by atoms with Crippen molar-refractivity contribution in [2.45, 2.75) is 6.54 Å². The number of nitrogens with zero attached hydrogens (tertiary/aromatic N) is 3. The lowest BCUT2D eigenvalue weighted by Crippen LogP contribution is -2.12. The van der Waals surface area contributed by atoms with Crippen LogP contribution in [0.1, 0.15) is 11.1 Å². The van der Waals surface area contributed by atoms with E-state index in [0.717, 1.165) is 43.8 Å². The van der Waals surface area contributed by atoms with E-state index in [0.29, 0.717) is 12.3 Å². The Balaban J connectivity index is 1.62. The lowest BCUT2D eigenvalue weighted by molar-refractivity contribution is 0.395. The summed E-state index contributed by atoms with van der Waals surface area (Å²) in [6.45, 7) is 0.573. The molecule has 0 saturated heterocycles. The predicted molar refractivity (Wildman–Crippen MR) is 138 cm³/mol. The first-order chi connectivity index (χ1) is 16.8. The van der Waals surface area contributed by atoms with Gasteiger partial charge in [0.15, 0.2) is 0 Å². The molecule has 5 rings (SSSR count). The summed E-state index contributed by atoms with van der Waals surface area (Å²) in [4.78, 5) is 8.97. The molecule has 5 aromatic rings. The molecular weight excluding hydrogens is 444 g/mol. The summed E-state index contributed by atoms with van der Waals surface area (Å²) >= 11 is 1.55. The Morgan fingerprint density at radius 2 is 1.79 bits per heavy atom. The van der Waals surface area contributed by atoms with E-state index in [1.165, 1.54) is 0 Å². The number of rotatable bonds is 7. The zero-order chi connectivity index (χ0) is 23.3. The van der Waals surface area contributed by atoms with Gasteiger partial charge in [0.1, 0.15) is 11.5 Å². The number of para-hydroxylation sites is 1. The fraction of sp³-hybridized carbons (Fsp3) is 0.111. The molecule has 0 saturated carbocycles. The molecule has 0 bridgehead atoms. The van der Waals surface area contributed by atoms with Crippen molar-refractivity contribution in [3.05, 3.63) is 100 Å². The van der Waals surface area contributed by atoms with Crippen LogP contribution in [-0.2, 0) is 6.54 Å². The minimum Gasteiger partial charge on any atom is -0.497 e. The number of H-pyrrole nitrogens is 1. The van der Waals surface area contributed by atoms with Crippen LogP contribution in [0, 0.1) is 0 Å². The van der Waals surface area contributed by atoms with E-state index in [-0.39, 0.29) is 0 Å². The molecule has 2 heterocycles. The first-order valence-electron chi connectivity index (χ1n) is 10.8. The van der Waals surface area contributed by atoms with Gasteiger partial charge in [-0.2, -0.15) is 5.10 Å². The van der Waals surface area contributed by atoms with Gasteiger partial charge in [0.05, 0.1) is 32.7 Å². The highest BCUT2D eigenvalue weighted by Crippen LogP contribution is 2.33. The van der Waals surface area contributed by atoms with Gasteiger partial charge in [-0.05, 0) is 23.8 Å². The number of aromatic nitrogens is 2. The summed E-state index contributed by atoms with van der Waals surface area (Å²) < 4.78 is 12.9. The number of methoxy groups -OCH3 is 2. The Kier molecular flexibility index (Phi) is 6.27. The number of thiazole rings is 1. The first-order valence-corrected chi connectivity index (χ1v) is 11.7. The molecule has 170 valence electrons. The normalized spacial score (nSPS) is 12.0. The van der Waals surface area contributed by atoms with Crippen LogP contribution >= 0.6 is 11.3 Å². The van der Waals surface area contributed by atoms with Crippen molar-refractivity contribution in [3.63, 3.8) is 0 Å². The summed E-state index contributed by atoms with van der Waals surface area (Å²) in [5.74, 6) is 1.45. The van der Waals surface area contributed by atoms with Gasteiger partial charge in [0.2, 0.25) is 4.80 Å². The second-order valence-electron chi connectivity index (χ2n) is 7.62. The zero-order valence-corrected chi connectivity index (χ0v) is 19.8. The van der Waals surface area contributed by atoms with E-state index in [1.807, 2.05) is 65.6 Å². The van der Waals surface area contributed by atoms with Gasteiger partial charge < -0.3 is 14.5 Å². The van der Waals surface area contributed by atoms with Crippen LogP contribution in [0.3, 0.4) is 0 Å². The number of fused-ring (bicyclic) bond motifs is 1. The molecule has 0 aliphatic heterocycles. The van der Waals surface area contributed by atoms with E-state index in [4.69, 9.17) is 19.6 Å². The lowest BCUT2D eigenvalue weighted by Gasteiger charge is -2.11. The fourth-order valence-electron chi connectivity index (χ4n) is 3.78. The average molecular weight is 469 g/mol. The van der Waals surface area contributed by atoms with Crippen LogP contribution < -0.4 is 14.3 Å². The molecule has 0 aliphatic carbocycles. The maximum absolute atomic E-state index is 5.67. The van der Waals surface area contributed by atoms with Crippen LogP contribution in [0.15, 0.2) is 94.5 Å². The molecule has 7 heteroatoms. The molecule has 0 atom stereocenters. The summed E-state index contributed by atoms with van der Waals surface area (Å²) in [7, 11) is 3.30. The van der Waals surface area contributed by atoms with Gasteiger partial charge in [-0.15, -0.1) is 11.3 Å². The van der Waals surface area contributed by atoms with E-state index in [1.54, 1.807) is 25.6 Å². The van der Waals surface area contributed by atoms with Crippen LogP contribution in [0.5, 0.6) is 11.5 Å². The van der Waals surface area contributed by atoms with Crippen molar-refractivity contribution in [1.82, 2.24) is 9.66 Å². The minimum absolute atomic E-state index is 0.573. The zero-order valence-electron chi connectivity index (χ0n) is 18.9. The molecule has 6 nitrogen and oxygen atoms in total. The van der Waals surface area contributed by atoms with Crippen molar-refractivity contribution >= 4 is 28.5 Å². The van der Waals surface area contributed by atoms with E-state index < -0.39 is 0 Å². The Morgan fingerprint density at radius 1 is 0.971 bits per heavy atom. The molecule has 2 aromatic heterocycles. The van der Waals surface area contributed by atoms with E-state index in [9.17, 15) is 0 Å². The Bertz CT molecular complexity index is 1510. The summed E-state index contributed by atoms with van der Waals surface area (Å²) in [5.41, 5.74) is 5.04. The highest BCUT2D eigenvalue weighted by molar-refractivity contribution is 7.07. The minimum atomic E-state index is 0.573. The van der Waals surface area contributed by atoms with Crippen LogP contribution in [0.25, 0.3) is 22.2 Å². The van der Waals surface area contributed by atoms with Crippen molar-refractivity contribution in [2.24, 2.45) is 10.1 Å². The third-order valence-electron chi connectivity index (χ3n) is 5.54. The van der Waals surface area contributed by atoms with Gasteiger partial charge in [0, 0.05) is 39.7 Å². The molecule has 0 aliphatic rings. The monoisotopic (exact) mass is 468 g/mol. The quantitative estimate of drug-likeness (QED) is 0.312. The second-order valence-corrected chi connectivity index (χ2v) is 8.45. The van der Waals surface area contributed by atoms with Gasteiger partial charge in [-0.1, -0.05) is 48.5 Å².